The molecule has 1 aromatic carbocycles. The summed E-state index contributed by atoms with van der Waals surface area (Å²) in [5.41, 5.74) is 0.0684. The molecule has 0 bridgehead atoms. The van der Waals surface area contributed by atoms with Crippen LogP contribution in [0.25, 0.3) is 0 Å². The van der Waals surface area contributed by atoms with Gasteiger partial charge in [-0.3, -0.25) is 14.9 Å². The van der Waals surface area contributed by atoms with E-state index >= 15 is 0 Å². The van der Waals surface area contributed by atoms with Gasteiger partial charge in [-0.25, -0.2) is 0 Å². The Bertz CT molecular complexity index is 535. The number of non-ortho nitro benzene ring substituents is 1. The second kappa shape index (κ2) is 7.60. The van der Waals surface area contributed by atoms with Crippen LogP contribution in [0.3, 0.4) is 0 Å². The first-order valence-electron chi connectivity index (χ1n) is 7.36. The predicted molar refractivity (Wildman–Crippen MR) is 87.1 cm³/mol. The number of amides is 1. The molecular formula is C15H21N3O3S. The first kappa shape index (κ1) is 16.8. The van der Waals surface area contributed by atoms with Crippen LogP contribution in [-0.2, 0) is 4.79 Å². The summed E-state index contributed by atoms with van der Waals surface area (Å²) in [6.45, 7) is 5.38. The lowest BCUT2D eigenvalue weighted by molar-refractivity contribution is -0.384. The van der Waals surface area contributed by atoms with Crippen LogP contribution >= 0.6 is 11.8 Å². The first-order chi connectivity index (χ1) is 10.5. The fourth-order valence-corrected chi connectivity index (χ4v) is 3.38. The monoisotopic (exact) mass is 323 g/mol. The van der Waals surface area contributed by atoms with E-state index in [0.717, 1.165) is 37.5 Å². The van der Waals surface area contributed by atoms with E-state index in [-0.39, 0.29) is 16.8 Å². The van der Waals surface area contributed by atoms with E-state index in [1.54, 1.807) is 12.1 Å². The van der Waals surface area contributed by atoms with Gasteiger partial charge in [0.2, 0.25) is 5.91 Å². The summed E-state index contributed by atoms with van der Waals surface area (Å²) in [7, 11) is 2.07. The molecule has 1 unspecified atom stereocenters. The number of nitro benzene ring substituents is 1. The average molecular weight is 323 g/mol. The standard InChI is InChI=1S/C15H21N3O3S/c1-12(15(19)17-9-3-8-16(2)10-11-17)22-14-6-4-13(5-7-14)18(20)21/h4-7,12H,3,8-11H2,1-2H3. The highest BCUT2D eigenvalue weighted by atomic mass is 32.2. The summed E-state index contributed by atoms with van der Waals surface area (Å²) >= 11 is 1.45. The zero-order valence-electron chi connectivity index (χ0n) is 12.9. The first-order valence-corrected chi connectivity index (χ1v) is 8.24. The number of rotatable bonds is 4. The van der Waals surface area contributed by atoms with Crippen LogP contribution in [0.5, 0.6) is 0 Å². The highest BCUT2D eigenvalue weighted by Crippen LogP contribution is 2.26. The number of hydrogen-bond acceptors (Lipinski definition) is 5. The molecule has 1 fully saturated rings. The third-order valence-corrected chi connectivity index (χ3v) is 4.84. The van der Waals surface area contributed by atoms with Crippen LogP contribution in [0, 0.1) is 10.1 Å². The number of hydrogen-bond donors (Lipinski definition) is 0. The molecule has 1 aliphatic rings. The molecule has 1 atom stereocenters. The lowest BCUT2D eigenvalue weighted by Crippen LogP contribution is -2.39. The van der Waals surface area contributed by atoms with Crippen LogP contribution in [0.15, 0.2) is 29.2 Å². The van der Waals surface area contributed by atoms with Crippen molar-refractivity contribution in [3.8, 4) is 0 Å². The van der Waals surface area contributed by atoms with E-state index in [1.807, 2.05) is 11.8 Å². The van der Waals surface area contributed by atoms with E-state index in [2.05, 4.69) is 11.9 Å². The van der Waals surface area contributed by atoms with Crippen molar-refractivity contribution in [2.75, 3.05) is 33.2 Å². The van der Waals surface area contributed by atoms with Gasteiger partial charge in [-0.1, -0.05) is 0 Å². The molecule has 1 aliphatic heterocycles. The van der Waals surface area contributed by atoms with Gasteiger partial charge in [-0.2, -0.15) is 0 Å². The number of nitro groups is 1. The molecule has 2 rings (SSSR count). The van der Waals surface area contributed by atoms with E-state index in [1.165, 1.54) is 23.9 Å². The van der Waals surface area contributed by atoms with E-state index in [9.17, 15) is 14.9 Å². The molecule has 6 nitrogen and oxygen atoms in total. The molecule has 0 N–H and O–H groups in total. The van der Waals surface area contributed by atoms with Gasteiger partial charge in [0.05, 0.1) is 10.2 Å². The van der Waals surface area contributed by atoms with Crippen molar-refractivity contribution in [1.82, 2.24) is 9.80 Å². The molecular weight excluding hydrogens is 302 g/mol. The fraction of sp³-hybridized carbons (Fsp3) is 0.533. The molecule has 0 saturated carbocycles. The highest BCUT2D eigenvalue weighted by Gasteiger charge is 2.23. The summed E-state index contributed by atoms with van der Waals surface area (Å²) in [6.07, 6.45) is 0.997. The minimum Gasteiger partial charge on any atom is -0.340 e. The fourth-order valence-electron chi connectivity index (χ4n) is 2.42. The Labute approximate surface area is 134 Å². The lowest BCUT2D eigenvalue weighted by atomic mass is 10.3. The van der Waals surface area contributed by atoms with Gasteiger partial charge in [0.25, 0.3) is 5.69 Å². The molecule has 7 heteroatoms. The molecule has 120 valence electrons. The van der Waals surface area contributed by atoms with Crippen LogP contribution in [0.4, 0.5) is 5.69 Å². The van der Waals surface area contributed by atoms with Crippen molar-refractivity contribution in [2.24, 2.45) is 0 Å². The van der Waals surface area contributed by atoms with Gasteiger partial charge in [-0.05, 0) is 39.1 Å². The normalized spacial score (nSPS) is 17.8. The Morgan fingerprint density at radius 3 is 2.55 bits per heavy atom. The number of carbonyl (C=O) groups is 1. The largest absolute Gasteiger partial charge is 0.340 e. The maximum absolute atomic E-state index is 12.5. The molecule has 0 radical (unpaired) electrons. The summed E-state index contributed by atoms with van der Waals surface area (Å²) in [6, 6.07) is 6.34. The van der Waals surface area contributed by atoms with E-state index in [4.69, 9.17) is 0 Å². The van der Waals surface area contributed by atoms with Gasteiger partial charge in [0, 0.05) is 36.7 Å². The van der Waals surface area contributed by atoms with Crippen molar-refractivity contribution in [1.29, 1.82) is 0 Å². The highest BCUT2D eigenvalue weighted by molar-refractivity contribution is 8.00. The van der Waals surface area contributed by atoms with Crippen LogP contribution in [0.2, 0.25) is 0 Å². The smallest absolute Gasteiger partial charge is 0.269 e. The summed E-state index contributed by atoms with van der Waals surface area (Å²) in [4.78, 5) is 27.8. The topological polar surface area (TPSA) is 66.7 Å². The zero-order valence-corrected chi connectivity index (χ0v) is 13.7. The molecule has 0 aromatic heterocycles. The van der Waals surface area contributed by atoms with Gasteiger partial charge < -0.3 is 9.80 Å². The number of thioether (sulfide) groups is 1. The van der Waals surface area contributed by atoms with Crippen molar-refractivity contribution < 1.29 is 9.72 Å². The average Bonchev–Trinajstić information content (AvgIpc) is 2.71. The zero-order chi connectivity index (χ0) is 16.1. The van der Waals surface area contributed by atoms with Crippen LogP contribution in [0.1, 0.15) is 13.3 Å². The van der Waals surface area contributed by atoms with Crippen molar-refractivity contribution in [2.45, 2.75) is 23.5 Å². The second-order valence-corrected chi connectivity index (χ2v) is 6.91. The van der Waals surface area contributed by atoms with Gasteiger partial charge in [0.15, 0.2) is 0 Å². The SMILES string of the molecule is CC(Sc1ccc([N+](=O)[O-])cc1)C(=O)N1CCCN(C)CC1. The van der Waals surface area contributed by atoms with Gasteiger partial charge in [0.1, 0.15) is 0 Å². The quantitative estimate of drug-likeness (QED) is 0.483. The maximum Gasteiger partial charge on any atom is 0.269 e. The van der Waals surface area contributed by atoms with E-state index < -0.39 is 4.92 Å². The molecule has 1 saturated heterocycles. The number of carbonyl (C=O) groups excluding carboxylic acids is 1. The molecule has 1 heterocycles. The second-order valence-electron chi connectivity index (χ2n) is 5.49. The Kier molecular flexibility index (Phi) is 5.79. The third kappa shape index (κ3) is 4.45. The Hall–Kier alpha value is -1.60. The van der Waals surface area contributed by atoms with Gasteiger partial charge in [-0.15, -0.1) is 11.8 Å². The molecule has 1 aromatic rings. The van der Waals surface area contributed by atoms with Crippen molar-refractivity contribution in [3.05, 3.63) is 34.4 Å². The molecule has 1 amide bonds. The minimum atomic E-state index is -0.420. The maximum atomic E-state index is 12.5. The van der Waals surface area contributed by atoms with Crippen LogP contribution < -0.4 is 0 Å². The minimum absolute atomic E-state index is 0.0684. The van der Waals surface area contributed by atoms with Crippen molar-refractivity contribution >= 4 is 23.4 Å². The number of nitrogens with zero attached hydrogens (tertiary/aromatic N) is 3. The summed E-state index contributed by atoms with van der Waals surface area (Å²) < 4.78 is 0. The Balaban J connectivity index is 1.94. The Morgan fingerprint density at radius 1 is 1.23 bits per heavy atom. The Morgan fingerprint density at radius 2 is 1.91 bits per heavy atom. The number of benzene rings is 1. The number of likely N-dealkylation sites (N-methyl/N-ethyl adjacent to an activating group) is 1. The summed E-state index contributed by atoms with van der Waals surface area (Å²) in [5, 5.41) is 10.5. The molecule has 0 aliphatic carbocycles. The van der Waals surface area contributed by atoms with Crippen molar-refractivity contribution in [3.63, 3.8) is 0 Å². The molecule has 0 spiro atoms. The lowest BCUT2D eigenvalue weighted by Gasteiger charge is -2.24. The van der Waals surface area contributed by atoms with Crippen LogP contribution in [-0.4, -0.2) is 59.1 Å². The molecule has 22 heavy (non-hydrogen) atoms. The summed E-state index contributed by atoms with van der Waals surface area (Å²) in [5.74, 6) is 0.138. The van der Waals surface area contributed by atoms with E-state index in [0.29, 0.717) is 0 Å². The predicted octanol–water partition coefficient (Wildman–Crippen LogP) is 2.24. The van der Waals surface area contributed by atoms with Gasteiger partial charge >= 0.3 is 0 Å². The third-order valence-electron chi connectivity index (χ3n) is 3.74.